The number of nitrogens with zero attached hydrogens (tertiary/aromatic N) is 1. The van der Waals surface area contributed by atoms with Gasteiger partial charge in [-0.15, -0.1) is 0 Å². The zero-order valence-corrected chi connectivity index (χ0v) is 9.94. The molecule has 3 rings (SSSR count). The van der Waals surface area contributed by atoms with Gasteiger partial charge in [-0.25, -0.2) is 4.98 Å². The van der Waals surface area contributed by atoms with E-state index >= 15 is 0 Å². The van der Waals surface area contributed by atoms with E-state index < -0.39 is 0 Å². The first-order valence-corrected chi connectivity index (χ1v) is 5.73. The Kier molecular flexibility index (Phi) is 2.41. The molecule has 3 aromatic rings. The highest BCUT2D eigenvalue weighted by atomic mass is 16.3. The highest BCUT2D eigenvalue weighted by molar-refractivity contribution is 5.79. The Hall–Kier alpha value is -2.49. The van der Waals surface area contributed by atoms with E-state index in [-0.39, 0.29) is 5.75 Å². The summed E-state index contributed by atoms with van der Waals surface area (Å²) in [7, 11) is 0. The topological polar surface area (TPSA) is 60.9 Å². The Morgan fingerprint density at radius 3 is 2.89 bits per heavy atom. The highest BCUT2D eigenvalue weighted by Gasteiger charge is 2.03. The van der Waals surface area contributed by atoms with Crippen LogP contribution in [0.4, 0.5) is 11.6 Å². The van der Waals surface area contributed by atoms with E-state index in [1.807, 2.05) is 25.1 Å². The summed E-state index contributed by atoms with van der Waals surface area (Å²) in [6, 6.07) is 13.0. The number of H-pyrrole nitrogens is 1. The van der Waals surface area contributed by atoms with Crippen LogP contribution in [0.25, 0.3) is 11.0 Å². The molecule has 0 bridgehead atoms. The van der Waals surface area contributed by atoms with Gasteiger partial charge in [-0.3, -0.25) is 0 Å². The van der Waals surface area contributed by atoms with Crippen LogP contribution in [0.3, 0.4) is 0 Å². The van der Waals surface area contributed by atoms with Crippen LogP contribution in [0.5, 0.6) is 5.75 Å². The van der Waals surface area contributed by atoms with Gasteiger partial charge in [0.2, 0.25) is 5.95 Å². The van der Waals surface area contributed by atoms with Gasteiger partial charge >= 0.3 is 0 Å². The fourth-order valence-electron chi connectivity index (χ4n) is 1.90. The first-order chi connectivity index (χ1) is 8.70. The molecule has 2 aromatic carbocycles. The van der Waals surface area contributed by atoms with Crippen molar-refractivity contribution in [3.63, 3.8) is 0 Å². The number of imidazole rings is 1. The van der Waals surface area contributed by atoms with Crippen LogP contribution in [0, 0.1) is 6.92 Å². The maximum atomic E-state index is 9.40. The number of phenolic OH excluding ortho intramolecular Hbond substituents is 1. The highest BCUT2D eigenvalue weighted by Crippen LogP contribution is 2.21. The van der Waals surface area contributed by atoms with Gasteiger partial charge in [0.05, 0.1) is 11.0 Å². The molecule has 0 aliphatic heterocycles. The van der Waals surface area contributed by atoms with Gasteiger partial charge < -0.3 is 15.4 Å². The lowest BCUT2D eigenvalue weighted by Crippen LogP contribution is -1.91. The van der Waals surface area contributed by atoms with Crippen LogP contribution in [0.15, 0.2) is 42.5 Å². The Balaban J connectivity index is 1.95. The number of aryl methyl sites for hydroxylation is 1. The Bertz CT molecular complexity index is 703. The fraction of sp³-hybridized carbons (Fsp3) is 0.0714. The molecule has 0 amide bonds. The van der Waals surface area contributed by atoms with Gasteiger partial charge in [-0.2, -0.15) is 0 Å². The molecule has 3 N–H and O–H groups in total. The number of rotatable bonds is 2. The molecule has 4 nitrogen and oxygen atoms in total. The quantitative estimate of drug-likeness (QED) is 0.643. The summed E-state index contributed by atoms with van der Waals surface area (Å²) < 4.78 is 0. The standard InChI is InChI=1S/C14H13N3O/c1-9-5-6-12-13(7-9)17-14(16-12)15-10-3-2-4-11(18)8-10/h2-8,18H,1H3,(H2,15,16,17). The summed E-state index contributed by atoms with van der Waals surface area (Å²) in [6.07, 6.45) is 0. The zero-order valence-electron chi connectivity index (χ0n) is 9.94. The second-order valence-electron chi connectivity index (χ2n) is 4.28. The van der Waals surface area contributed by atoms with Gasteiger partial charge in [0.15, 0.2) is 0 Å². The number of hydrogen-bond acceptors (Lipinski definition) is 3. The molecule has 0 spiro atoms. The Labute approximate surface area is 104 Å². The van der Waals surface area contributed by atoms with Gasteiger partial charge in [0.25, 0.3) is 0 Å². The average Bonchev–Trinajstić information content (AvgIpc) is 2.70. The van der Waals surface area contributed by atoms with Crippen LogP contribution in [0.1, 0.15) is 5.56 Å². The van der Waals surface area contributed by atoms with Crippen molar-refractivity contribution < 1.29 is 5.11 Å². The third kappa shape index (κ3) is 2.00. The molecule has 4 heteroatoms. The predicted molar refractivity (Wildman–Crippen MR) is 72.2 cm³/mol. The number of aromatic hydroxyl groups is 1. The normalized spacial score (nSPS) is 10.7. The van der Waals surface area contributed by atoms with Crippen LogP contribution < -0.4 is 5.32 Å². The molecule has 0 aliphatic carbocycles. The van der Waals surface area contributed by atoms with Gasteiger partial charge in [0, 0.05) is 11.8 Å². The SMILES string of the molecule is Cc1ccc2nc(Nc3cccc(O)c3)[nH]c2c1. The molecule has 0 saturated carbocycles. The van der Waals surface area contributed by atoms with Crippen molar-refractivity contribution in [1.82, 2.24) is 9.97 Å². The molecule has 0 atom stereocenters. The smallest absolute Gasteiger partial charge is 0.205 e. The molecular formula is C14H13N3O. The molecule has 0 unspecified atom stereocenters. The first-order valence-electron chi connectivity index (χ1n) is 5.73. The van der Waals surface area contributed by atoms with Crippen molar-refractivity contribution in [2.75, 3.05) is 5.32 Å². The lowest BCUT2D eigenvalue weighted by molar-refractivity contribution is 0.475. The second-order valence-corrected chi connectivity index (χ2v) is 4.28. The van der Waals surface area contributed by atoms with E-state index in [9.17, 15) is 5.11 Å². The number of phenols is 1. The number of anilines is 2. The Morgan fingerprint density at radius 2 is 2.06 bits per heavy atom. The lowest BCUT2D eigenvalue weighted by Gasteiger charge is -2.02. The zero-order chi connectivity index (χ0) is 12.5. The van der Waals surface area contributed by atoms with E-state index in [1.165, 1.54) is 5.56 Å². The van der Waals surface area contributed by atoms with Crippen molar-refractivity contribution in [3.05, 3.63) is 48.0 Å². The minimum absolute atomic E-state index is 0.229. The van der Waals surface area contributed by atoms with E-state index in [0.717, 1.165) is 16.7 Å². The molecule has 90 valence electrons. The van der Waals surface area contributed by atoms with Crippen molar-refractivity contribution in [3.8, 4) is 5.75 Å². The van der Waals surface area contributed by atoms with Gasteiger partial charge in [-0.05, 0) is 36.8 Å². The van der Waals surface area contributed by atoms with E-state index in [0.29, 0.717) is 5.95 Å². The summed E-state index contributed by atoms with van der Waals surface area (Å²) in [5.41, 5.74) is 3.90. The fourth-order valence-corrected chi connectivity index (χ4v) is 1.90. The minimum atomic E-state index is 0.229. The minimum Gasteiger partial charge on any atom is -0.508 e. The monoisotopic (exact) mass is 239 g/mol. The molecule has 1 heterocycles. The molecular weight excluding hydrogens is 226 g/mol. The summed E-state index contributed by atoms with van der Waals surface area (Å²) in [5.74, 6) is 0.896. The van der Waals surface area contributed by atoms with E-state index in [2.05, 4.69) is 21.4 Å². The van der Waals surface area contributed by atoms with Crippen molar-refractivity contribution in [2.24, 2.45) is 0 Å². The maximum Gasteiger partial charge on any atom is 0.205 e. The summed E-state index contributed by atoms with van der Waals surface area (Å²) in [4.78, 5) is 7.63. The van der Waals surface area contributed by atoms with Crippen molar-refractivity contribution in [2.45, 2.75) is 6.92 Å². The molecule has 0 saturated heterocycles. The van der Waals surface area contributed by atoms with Gasteiger partial charge in [-0.1, -0.05) is 12.1 Å². The van der Waals surface area contributed by atoms with E-state index in [4.69, 9.17) is 0 Å². The third-order valence-electron chi connectivity index (χ3n) is 2.75. The van der Waals surface area contributed by atoms with Crippen LogP contribution in [0.2, 0.25) is 0 Å². The molecule has 1 aromatic heterocycles. The number of aromatic nitrogens is 2. The molecule has 0 fully saturated rings. The summed E-state index contributed by atoms with van der Waals surface area (Å²) in [6.45, 7) is 2.04. The second kappa shape index (κ2) is 4.07. The lowest BCUT2D eigenvalue weighted by atomic mass is 10.2. The van der Waals surface area contributed by atoms with Crippen molar-refractivity contribution in [1.29, 1.82) is 0 Å². The summed E-state index contributed by atoms with van der Waals surface area (Å²) >= 11 is 0. The first kappa shape index (κ1) is 10.7. The van der Waals surface area contributed by atoms with Crippen LogP contribution in [-0.4, -0.2) is 15.1 Å². The molecule has 18 heavy (non-hydrogen) atoms. The largest absolute Gasteiger partial charge is 0.508 e. The number of hydrogen-bond donors (Lipinski definition) is 3. The maximum absolute atomic E-state index is 9.40. The summed E-state index contributed by atoms with van der Waals surface area (Å²) in [5, 5.41) is 12.5. The third-order valence-corrected chi connectivity index (χ3v) is 2.75. The number of aromatic amines is 1. The molecule has 0 aliphatic rings. The number of fused-ring (bicyclic) bond motifs is 1. The van der Waals surface area contributed by atoms with E-state index in [1.54, 1.807) is 18.2 Å². The van der Waals surface area contributed by atoms with Gasteiger partial charge in [0.1, 0.15) is 5.75 Å². The van der Waals surface area contributed by atoms with Crippen molar-refractivity contribution >= 4 is 22.7 Å². The van der Waals surface area contributed by atoms with Crippen LogP contribution >= 0.6 is 0 Å². The number of benzene rings is 2. The number of nitrogens with one attached hydrogen (secondary N) is 2. The van der Waals surface area contributed by atoms with Crippen LogP contribution in [-0.2, 0) is 0 Å². The molecule has 0 radical (unpaired) electrons. The predicted octanol–water partition coefficient (Wildman–Crippen LogP) is 3.32. The average molecular weight is 239 g/mol. The Morgan fingerprint density at radius 1 is 1.17 bits per heavy atom.